The topological polar surface area (TPSA) is 109 Å². The van der Waals surface area contributed by atoms with Crippen LogP contribution >= 0.6 is 27.5 Å². The van der Waals surface area contributed by atoms with Gasteiger partial charge in [-0.15, -0.1) is 0 Å². The van der Waals surface area contributed by atoms with Gasteiger partial charge >= 0.3 is 11.9 Å². The number of nitrogens with one attached hydrogen (secondary N) is 1. The summed E-state index contributed by atoms with van der Waals surface area (Å²) in [4.78, 5) is 36.4. The van der Waals surface area contributed by atoms with Gasteiger partial charge in [0, 0.05) is 16.9 Å². The van der Waals surface area contributed by atoms with Crippen LogP contribution in [0.5, 0.6) is 5.75 Å². The zero-order valence-corrected chi connectivity index (χ0v) is 19.3. The first-order chi connectivity index (χ1) is 15.3. The number of carbonyl (C=O) groups is 3. The summed E-state index contributed by atoms with van der Waals surface area (Å²) in [5, 5.41) is 7.34. The summed E-state index contributed by atoms with van der Waals surface area (Å²) in [6.07, 6.45) is 1.57. The van der Waals surface area contributed by atoms with E-state index in [0.717, 1.165) is 0 Å². The number of nitrogens with zero attached hydrogens (tertiary/aromatic N) is 2. The maximum atomic E-state index is 12.6. The van der Waals surface area contributed by atoms with Gasteiger partial charge in [0.05, 0.1) is 29.8 Å². The third kappa shape index (κ3) is 5.65. The van der Waals surface area contributed by atoms with Crippen LogP contribution in [0, 0.1) is 0 Å². The van der Waals surface area contributed by atoms with Crippen LogP contribution in [-0.4, -0.2) is 41.8 Å². The molecule has 3 aromatic rings. The molecule has 0 aliphatic rings. The van der Waals surface area contributed by atoms with E-state index in [0.29, 0.717) is 15.2 Å². The smallest absolute Gasteiger partial charge is 0.337 e. The second-order valence-corrected chi connectivity index (χ2v) is 7.62. The first-order valence-electron chi connectivity index (χ1n) is 9.05. The number of methoxy groups -OCH3 is 2. The lowest BCUT2D eigenvalue weighted by Crippen LogP contribution is -2.16. The molecular weight excluding hydrogens is 506 g/mol. The number of esters is 2. The summed E-state index contributed by atoms with van der Waals surface area (Å²) in [7, 11) is 2.42. The molecule has 0 spiro atoms. The van der Waals surface area contributed by atoms with Crippen molar-refractivity contribution < 1.29 is 28.6 Å². The number of amides is 1. The largest absolute Gasteiger partial charge is 0.470 e. The Morgan fingerprint density at radius 2 is 1.69 bits per heavy atom. The normalized spacial score (nSPS) is 10.4. The Morgan fingerprint density at radius 3 is 2.28 bits per heavy atom. The highest BCUT2D eigenvalue weighted by Crippen LogP contribution is 2.28. The van der Waals surface area contributed by atoms with Crippen molar-refractivity contribution in [2.75, 3.05) is 19.5 Å². The third-order valence-corrected chi connectivity index (χ3v) is 5.01. The van der Waals surface area contributed by atoms with Gasteiger partial charge in [-0.3, -0.25) is 4.79 Å². The molecule has 32 heavy (non-hydrogen) atoms. The molecule has 0 unspecified atom stereocenters. The second-order valence-electron chi connectivity index (χ2n) is 6.32. The predicted molar refractivity (Wildman–Crippen MR) is 119 cm³/mol. The molecule has 0 radical (unpaired) electrons. The van der Waals surface area contributed by atoms with Crippen molar-refractivity contribution in [2.24, 2.45) is 0 Å². The number of aromatic nitrogens is 2. The maximum absolute atomic E-state index is 12.6. The van der Waals surface area contributed by atoms with Crippen molar-refractivity contribution in [2.45, 2.75) is 6.73 Å². The van der Waals surface area contributed by atoms with Gasteiger partial charge in [-0.05, 0) is 58.4 Å². The Morgan fingerprint density at radius 1 is 1.03 bits per heavy atom. The first-order valence-corrected chi connectivity index (χ1v) is 10.2. The molecule has 9 nitrogen and oxygen atoms in total. The lowest BCUT2D eigenvalue weighted by Gasteiger charge is -2.09. The molecule has 0 fully saturated rings. The lowest BCUT2D eigenvalue weighted by atomic mass is 10.1. The van der Waals surface area contributed by atoms with Crippen LogP contribution in [0.3, 0.4) is 0 Å². The SMILES string of the molecule is COC(=O)c1cc(NC(=O)c2ccn(COc3ccc(Cl)cc3Br)n2)cc(C(=O)OC)c1. The highest BCUT2D eigenvalue weighted by atomic mass is 79.9. The summed E-state index contributed by atoms with van der Waals surface area (Å²) >= 11 is 9.27. The number of benzene rings is 2. The van der Waals surface area contributed by atoms with Gasteiger partial charge in [-0.1, -0.05) is 11.6 Å². The van der Waals surface area contributed by atoms with Crippen LogP contribution in [0.2, 0.25) is 5.02 Å². The molecule has 2 aromatic carbocycles. The van der Waals surface area contributed by atoms with E-state index in [9.17, 15) is 14.4 Å². The molecule has 1 amide bonds. The number of ether oxygens (including phenoxy) is 3. The number of rotatable bonds is 7. The monoisotopic (exact) mass is 521 g/mol. The van der Waals surface area contributed by atoms with E-state index in [1.165, 1.54) is 43.2 Å². The Labute approximate surface area is 196 Å². The molecule has 0 aliphatic carbocycles. The van der Waals surface area contributed by atoms with Crippen molar-refractivity contribution in [1.29, 1.82) is 0 Å². The van der Waals surface area contributed by atoms with Crippen molar-refractivity contribution in [1.82, 2.24) is 9.78 Å². The zero-order valence-electron chi connectivity index (χ0n) is 16.9. The van der Waals surface area contributed by atoms with Crippen LogP contribution in [0.1, 0.15) is 31.2 Å². The Balaban J connectivity index is 1.73. The molecule has 0 saturated heterocycles. The third-order valence-electron chi connectivity index (χ3n) is 4.15. The summed E-state index contributed by atoms with van der Waals surface area (Å²) in [6, 6.07) is 10.7. The van der Waals surface area contributed by atoms with Crippen molar-refractivity contribution in [3.8, 4) is 5.75 Å². The highest BCUT2D eigenvalue weighted by Gasteiger charge is 2.16. The fourth-order valence-corrected chi connectivity index (χ4v) is 3.45. The zero-order chi connectivity index (χ0) is 23.3. The van der Waals surface area contributed by atoms with E-state index < -0.39 is 17.8 Å². The number of hydrogen-bond donors (Lipinski definition) is 1. The molecule has 166 valence electrons. The van der Waals surface area contributed by atoms with E-state index in [-0.39, 0.29) is 29.2 Å². The molecule has 1 heterocycles. The van der Waals surface area contributed by atoms with Crippen LogP contribution in [0.15, 0.2) is 53.1 Å². The van der Waals surface area contributed by atoms with Gasteiger partial charge in [0.15, 0.2) is 12.4 Å². The van der Waals surface area contributed by atoms with Crippen LogP contribution in [0.4, 0.5) is 5.69 Å². The fraction of sp³-hybridized carbons (Fsp3) is 0.143. The van der Waals surface area contributed by atoms with Gasteiger partial charge in [0.2, 0.25) is 0 Å². The molecule has 1 aromatic heterocycles. The Kier molecular flexibility index (Phi) is 7.49. The molecule has 3 rings (SSSR count). The van der Waals surface area contributed by atoms with Crippen molar-refractivity contribution in [3.05, 3.63) is 75.0 Å². The fourth-order valence-electron chi connectivity index (χ4n) is 2.65. The van der Waals surface area contributed by atoms with Gasteiger partial charge in [-0.25, -0.2) is 14.3 Å². The molecule has 0 aliphatic heterocycles. The molecule has 0 atom stereocenters. The van der Waals surface area contributed by atoms with Gasteiger partial charge in [0.1, 0.15) is 5.75 Å². The molecule has 0 saturated carbocycles. The molecular formula is C21H17BrClN3O6. The minimum absolute atomic E-state index is 0.0534. The van der Waals surface area contributed by atoms with E-state index in [2.05, 4.69) is 35.8 Å². The van der Waals surface area contributed by atoms with Crippen LogP contribution in [-0.2, 0) is 16.2 Å². The molecule has 11 heteroatoms. The summed E-state index contributed by atoms with van der Waals surface area (Å²) in [5.74, 6) is -1.32. The average molecular weight is 523 g/mol. The van der Waals surface area contributed by atoms with E-state index >= 15 is 0 Å². The quantitative estimate of drug-likeness (QED) is 0.464. The summed E-state index contributed by atoms with van der Waals surface area (Å²) in [5.41, 5.74) is 0.470. The van der Waals surface area contributed by atoms with Crippen LogP contribution < -0.4 is 10.1 Å². The highest BCUT2D eigenvalue weighted by molar-refractivity contribution is 9.10. The summed E-state index contributed by atoms with van der Waals surface area (Å²) in [6.45, 7) is 0.0534. The van der Waals surface area contributed by atoms with Gasteiger partial charge in [-0.2, -0.15) is 5.10 Å². The van der Waals surface area contributed by atoms with Crippen molar-refractivity contribution >= 4 is 51.1 Å². The minimum Gasteiger partial charge on any atom is -0.470 e. The average Bonchev–Trinajstić information content (AvgIpc) is 3.26. The standard InChI is InChI=1S/C21H17BrClN3O6/c1-30-20(28)12-7-13(21(29)31-2)9-15(8-12)24-19(27)17-5-6-26(25-17)11-32-18-4-3-14(23)10-16(18)22/h3-10H,11H2,1-2H3,(H,24,27). The number of halogens is 2. The first kappa shape index (κ1) is 23.3. The minimum atomic E-state index is -0.666. The maximum Gasteiger partial charge on any atom is 0.337 e. The van der Waals surface area contributed by atoms with E-state index in [4.69, 9.17) is 16.3 Å². The molecule has 1 N–H and O–H groups in total. The number of anilines is 1. The van der Waals surface area contributed by atoms with Gasteiger partial charge in [0.25, 0.3) is 5.91 Å². The second kappa shape index (κ2) is 10.3. The van der Waals surface area contributed by atoms with Crippen LogP contribution in [0.25, 0.3) is 0 Å². The summed E-state index contributed by atoms with van der Waals surface area (Å²) < 4.78 is 17.1. The van der Waals surface area contributed by atoms with E-state index in [1.807, 2.05) is 0 Å². The Bertz CT molecular complexity index is 1150. The lowest BCUT2D eigenvalue weighted by molar-refractivity contribution is 0.0599. The number of carbonyl (C=O) groups excluding carboxylic acids is 3. The van der Waals surface area contributed by atoms with Crippen molar-refractivity contribution in [3.63, 3.8) is 0 Å². The van der Waals surface area contributed by atoms with Gasteiger partial charge < -0.3 is 19.5 Å². The number of hydrogen-bond acceptors (Lipinski definition) is 7. The molecule has 0 bridgehead atoms. The predicted octanol–water partition coefficient (Wildman–Crippen LogP) is 4.16. The Hall–Kier alpha value is -3.37. The van der Waals surface area contributed by atoms with E-state index in [1.54, 1.807) is 24.4 Å².